The number of aromatic nitrogens is 3. The molecular formula is C9H6Cl2N4. The lowest BCUT2D eigenvalue weighted by Gasteiger charge is -2.03. The molecule has 0 aliphatic carbocycles. The molecule has 0 unspecified atom stereocenters. The molecular weight excluding hydrogens is 235 g/mol. The maximum atomic E-state index is 5.87. The summed E-state index contributed by atoms with van der Waals surface area (Å²) in [4.78, 5) is 3.84. The standard InChI is InChI=1S/C9H6Cl2N4/c10-6-2-1-5(3-7(6)11)8-9(12)13-4-14-15-8/h1-4H,(H2,12,13,14). The number of hydrogen-bond donors (Lipinski definition) is 1. The lowest BCUT2D eigenvalue weighted by molar-refractivity contribution is 0.983. The van der Waals surface area contributed by atoms with Crippen LogP contribution in [0.4, 0.5) is 5.82 Å². The van der Waals surface area contributed by atoms with Crippen molar-refractivity contribution in [2.45, 2.75) is 0 Å². The molecule has 1 heterocycles. The minimum Gasteiger partial charge on any atom is -0.382 e. The van der Waals surface area contributed by atoms with E-state index in [9.17, 15) is 0 Å². The van der Waals surface area contributed by atoms with Gasteiger partial charge >= 0.3 is 0 Å². The summed E-state index contributed by atoms with van der Waals surface area (Å²) in [5.74, 6) is 0.309. The second kappa shape index (κ2) is 4.00. The first-order chi connectivity index (χ1) is 7.18. The fourth-order valence-electron chi connectivity index (χ4n) is 1.13. The second-order valence-electron chi connectivity index (χ2n) is 2.82. The van der Waals surface area contributed by atoms with Gasteiger partial charge in [-0.15, -0.1) is 10.2 Å². The summed E-state index contributed by atoms with van der Waals surface area (Å²) in [7, 11) is 0. The minimum atomic E-state index is 0.309. The monoisotopic (exact) mass is 240 g/mol. The Labute approximate surface area is 96.1 Å². The smallest absolute Gasteiger partial charge is 0.153 e. The van der Waals surface area contributed by atoms with E-state index in [4.69, 9.17) is 28.9 Å². The first kappa shape index (κ1) is 10.1. The molecule has 6 heteroatoms. The van der Waals surface area contributed by atoms with Crippen molar-refractivity contribution in [1.82, 2.24) is 15.2 Å². The average molecular weight is 241 g/mol. The lowest BCUT2D eigenvalue weighted by Crippen LogP contribution is -1.98. The lowest BCUT2D eigenvalue weighted by atomic mass is 10.1. The fourth-order valence-corrected chi connectivity index (χ4v) is 1.43. The molecule has 2 aromatic rings. The van der Waals surface area contributed by atoms with Crippen molar-refractivity contribution in [3.63, 3.8) is 0 Å². The first-order valence-corrected chi connectivity index (χ1v) is 4.82. The van der Waals surface area contributed by atoms with Crippen molar-refractivity contribution in [3.05, 3.63) is 34.6 Å². The quantitative estimate of drug-likeness (QED) is 0.832. The molecule has 1 aromatic heterocycles. The summed E-state index contributed by atoms with van der Waals surface area (Å²) in [6.45, 7) is 0. The van der Waals surface area contributed by atoms with Gasteiger partial charge in [0.05, 0.1) is 10.0 Å². The summed E-state index contributed by atoms with van der Waals surface area (Å²) < 4.78 is 0. The molecule has 0 fully saturated rings. The Bertz CT molecular complexity index is 501. The summed E-state index contributed by atoms with van der Waals surface area (Å²) in [5.41, 5.74) is 6.89. The Balaban J connectivity index is 2.55. The average Bonchev–Trinajstić information content (AvgIpc) is 2.23. The van der Waals surface area contributed by atoms with E-state index < -0.39 is 0 Å². The van der Waals surface area contributed by atoms with E-state index in [1.807, 2.05) is 0 Å². The highest BCUT2D eigenvalue weighted by molar-refractivity contribution is 6.42. The van der Waals surface area contributed by atoms with Crippen LogP contribution >= 0.6 is 23.2 Å². The van der Waals surface area contributed by atoms with Crippen LogP contribution in [-0.4, -0.2) is 15.2 Å². The number of rotatable bonds is 1. The van der Waals surface area contributed by atoms with Crippen LogP contribution in [0, 0.1) is 0 Å². The van der Waals surface area contributed by atoms with Crippen molar-refractivity contribution in [1.29, 1.82) is 0 Å². The largest absolute Gasteiger partial charge is 0.382 e. The van der Waals surface area contributed by atoms with Crippen LogP contribution in [0.15, 0.2) is 24.5 Å². The zero-order valence-corrected chi connectivity index (χ0v) is 9.00. The number of benzene rings is 1. The van der Waals surface area contributed by atoms with Crippen LogP contribution in [0.25, 0.3) is 11.3 Å². The van der Waals surface area contributed by atoms with E-state index in [2.05, 4.69) is 15.2 Å². The van der Waals surface area contributed by atoms with Gasteiger partial charge in [-0.25, -0.2) is 4.98 Å². The van der Waals surface area contributed by atoms with Crippen LogP contribution in [0.5, 0.6) is 0 Å². The predicted molar refractivity (Wildman–Crippen MR) is 59.7 cm³/mol. The van der Waals surface area contributed by atoms with Crippen LogP contribution in [0.2, 0.25) is 10.0 Å². The molecule has 76 valence electrons. The predicted octanol–water partition coefficient (Wildman–Crippen LogP) is 2.43. The van der Waals surface area contributed by atoms with Crippen molar-refractivity contribution in [3.8, 4) is 11.3 Å². The highest BCUT2D eigenvalue weighted by Crippen LogP contribution is 2.28. The van der Waals surface area contributed by atoms with Crippen LogP contribution in [0.3, 0.4) is 0 Å². The van der Waals surface area contributed by atoms with Crippen molar-refractivity contribution in [2.75, 3.05) is 5.73 Å². The molecule has 0 spiro atoms. The van der Waals surface area contributed by atoms with Gasteiger partial charge in [-0.05, 0) is 12.1 Å². The molecule has 0 bridgehead atoms. The Hall–Kier alpha value is -1.39. The maximum Gasteiger partial charge on any atom is 0.153 e. The van der Waals surface area contributed by atoms with E-state index in [1.165, 1.54) is 6.33 Å². The zero-order chi connectivity index (χ0) is 10.8. The van der Waals surface area contributed by atoms with Crippen LogP contribution < -0.4 is 5.73 Å². The Morgan fingerprint density at radius 3 is 2.60 bits per heavy atom. The van der Waals surface area contributed by atoms with E-state index in [0.717, 1.165) is 5.56 Å². The highest BCUT2D eigenvalue weighted by atomic mass is 35.5. The molecule has 2 rings (SSSR count). The topological polar surface area (TPSA) is 64.7 Å². The van der Waals surface area contributed by atoms with Gasteiger partial charge in [-0.1, -0.05) is 29.3 Å². The number of nitrogen functional groups attached to an aromatic ring is 1. The summed E-state index contributed by atoms with van der Waals surface area (Å²) in [6, 6.07) is 5.11. The molecule has 0 aliphatic rings. The third kappa shape index (κ3) is 2.00. The summed E-state index contributed by atoms with van der Waals surface area (Å²) in [5, 5.41) is 8.46. The van der Waals surface area contributed by atoms with E-state index in [0.29, 0.717) is 21.6 Å². The molecule has 1 aromatic carbocycles. The van der Waals surface area contributed by atoms with E-state index in [-0.39, 0.29) is 0 Å². The van der Waals surface area contributed by atoms with Crippen LogP contribution in [-0.2, 0) is 0 Å². The highest BCUT2D eigenvalue weighted by Gasteiger charge is 2.07. The van der Waals surface area contributed by atoms with E-state index >= 15 is 0 Å². The van der Waals surface area contributed by atoms with Gasteiger partial charge in [0.2, 0.25) is 0 Å². The number of halogens is 2. The number of hydrogen-bond acceptors (Lipinski definition) is 4. The number of nitrogens with two attached hydrogens (primary N) is 1. The van der Waals surface area contributed by atoms with Crippen LogP contribution in [0.1, 0.15) is 0 Å². The summed E-state index contributed by atoms with van der Waals surface area (Å²) >= 11 is 11.7. The summed E-state index contributed by atoms with van der Waals surface area (Å²) in [6.07, 6.45) is 1.29. The van der Waals surface area contributed by atoms with Gasteiger partial charge in [0.1, 0.15) is 12.0 Å². The molecule has 0 saturated heterocycles. The molecule has 0 atom stereocenters. The van der Waals surface area contributed by atoms with Gasteiger partial charge in [-0.2, -0.15) is 0 Å². The van der Waals surface area contributed by atoms with Gasteiger partial charge in [0.15, 0.2) is 5.82 Å². The first-order valence-electron chi connectivity index (χ1n) is 4.07. The minimum absolute atomic E-state index is 0.309. The Morgan fingerprint density at radius 1 is 1.13 bits per heavy atom. The second-order valence-corrected chi connectivity index (χ2v) is 3.64. The van der Waals surface area contributed by atoms with Crippen molar-refractivity contribution in [2.24, 2.45) is 0 Å². The maximum absolute atomic E-state index is 5.87. The molecule has 0 amide bonds. The van der Waals surface area contributed by atoms with Gasteiger partial charge in [0.25, 0.3) is 0 Å². The van der Waals surface area contributed by atoms with Crippen molar-refractivity contribution < 1.29 is 0 Å². The molecule has 0 aliphatic heterocycles. The molecule has 0 saturated carbocycles. The SMILES string of the molecule is Nc1ncnnc1-c1ccc(Cl)c(Cl)c1. The van der Waals surface area contributed by atoms with E-state index in [1.54, 1.807) is 18.2 Å². The molecule has 15 heavy (non-hydrogen) atoms. The third-order valence-electron chi connectivity index (χ3n) is 1.84. The van der Waals surface area contributed by atoms with Crippen molar-refractivity contribution >= 4 is 29.0 Å². The normalized spacial score (nSPS) is 10.3. The number of nitrogens with zero attached hydrogens (tertiary/aromatic N) is 3. The number of anilines is 1. The van der Waals surface area contributed by atoms with Gasteiger partial charge < -0.3 is 5.73 Å². The van der Waals surface area contributed by atoms with Gasteiger partial charge in [0, 0.05) is 5.56 Å². The van der Waals surface area contributed by atoms with Gasteiger partial charge in [-0.3, -0.25) is 0 Å². The Kier molecular flexibility index (Phi) is 2.70. The Morgan fingerprint density at radius 2 is 1.93 bits per heavy atom. The molecule has 0 radical (unpaired) electrons. The fraction of sp³-hybridized carbons (Fsp3) is 0. The molecule has 2 N–H and O–H groups in total. The third-order valence-corrected chi connectivity index (χ3v) is 2.58. The molecule has 4 nitrogen and oxygen atoms in total. The zero-order valence-electron chi connectivity index (χ0n) is 7.48.